The number of anilines is 3. The van der Waals surface area contributed by atoms with Crippen LogP contribution in [0.5, 0.6) is 0 Å². The van der Waals surface area contributed by atoms with E-state index in [1.165, 1.54) is 18.3 Å². The van der Waals surface area contributed by atoms with Crippen LogP contribution in [0.1, 0.15) is 12.8 Å². The Morgan fingerprint density at radius 3 is 2.36 bits per heavy atom. The summed E-state index contributed by atoms with van der Waals surface area (Å²) in [6, 6.07) is 12.2. The van der Waals surface area contributed by atoms with Gasteiger partial charge in [0.15, 0.2) is 5.65 Å². The van der Waals surface area contributed by atoms with Gasteiger partial charge in [0.2, 0.25) is 5.95 Å². The number of benzene rings is 2. The molecular formula is C24H20Cl2N6O4. The van der Waals surface area contributed by atoms with Crippen LogP contribution in [0, 0.1) is 5.92 Å². The molecule has 184 valence electrons. The molecule has 0 aliphatic carbocycles. The molecule has 1 fully saturated rings. The molecule has 0 spiro atoms. The fraction of sp³-hybridized carbons (Fsp3) is 0.208. The van der Waals surface area contributed by atoms with Crippen LogP contribution < -0.4 is 21.5 Å². The van der Waals surface area contributed by atoms with E-state index < -0.39 is 17.2 Å². The Kier molecular flexibility index (Phi) is 6.38. The minimum absolute atomic E-state index is 0.0693. The zero-order valence-corrected chi connectivity index (χ0v) is 20.3. The van der Waals surface area contributed by atoms with Crippen LogP contribution in [-0.4, -0.2) is 43.7 Å². The normalized spacial score (nSPS) is 14.2. The van der Waals surface area contributed by atoms with Crippen molar-refractivity contribution in [3.8, 4) is 5.69 Å². The van der Waals surface area contributed by atoms with Crippen molar-refractivity contribution >= 4 is 57.5 Å². The molecule has 0 unspecified atom stereocenters. The molecule has 4 aromatic rings. The zero-order valence-electron chi connectivity index (χ0n) is 18.7. The fourth-order valence-corrected chi connectivity index (χ4v) is 4.81. The zero-order chi connectivity index (χ0) is 25.4. The molecule has 2 aromatic carbocycles. The number of fused-ring (bicyclic) bond motifs is 1. The Labute approximate surface area is 214 Å². The molecule has 1 aliphatic heterocycles. The highest BCUT2D eigenvalue weighted by molar-refractivity contribution is 6.37. The van der Waals surface area contributed by atoms with E-state index in [-0.39, 0.29) is 38.6 Å². The average molecular weight is 527 g/mol. The molecule has 10 nitrogen and oxygen atoms in total. The van der Waals surface area contributed by atoms with Crippen LogP contribution in [-0.2, 0) is 4.79 Å². The summed E-state index contributed by atoms with van der Waals surface area (Å²) < 4.78 is 0.863. The number of para-hydroxylation sites is 1. The van der Waals surface area contributed by atoms with Crippen LogP contribution in [0.15, 0.2) is 58.3 Å². The highest BCUT2D eigenvalue weighted by atomic mass is 35.5. The van der Waals surface area contributed by atoms with Crippen molar-refractivity contribution in [1.82, 2.24) is 19.5 Å². The largest absolute Gasteiger partial charge is 0.481 e. The summed E-state index contributed by atoms with van der Waals surface area (Å²) in [6.45, 7) is 1.36. The maximum absolute atomic E-state index is 13.1. The number of H-pyrrole nitrogens is 1. The molecule has 1 saturated heterocycles. The molecule has 5 rings (SSSR count). The van der Waals surface area contributed by atoms with E-state index in [4.69, 9.17) is 28.3 Å². The van der Waals surface area contributed by atoms with E-state index in [2.05, 4.69) is 25.2 Å². The van der Waals surface area contributed by atoms with Crippen LogP contribution in [0.2, 0.25) is 10.0 Å². The Balaban J connectivity index is 1.38. The van der Waals surface area contributed by atoms with E-state index in [0.717, 1.165) is 10.3 Å². The molecule has 2 aromatic heterocycles. The summed E-state index contributed by atoms with van der Waals surface area (Å²) in [5.74, 6) is -0.830. The summed E-state index contributed by atoms with van der Waals surface area (Å²) in [4.78, 5) is 50.2. The first-order chi connectivity index (χ1) is 17.3. The number of rotatable bonds is 5. The maximum atomic E-state index is 13.1. The predicted molar refractivity (Wildman–Crippen MR) is 138 cm³/mol. The van der Waals surface area contributed by atoms with Gasteiger partial charge in [-0.3, -0.25) is 14.6 Å². The first-order valence-electron chi connectivity index (χ1n) is 11.1. The average Bonchev–Trinajstić information content (AvgIpc) is 2.86. The number of aromatic nitrogens is 4. The second-order valence-electron chi connectivity index (χ2n) is 8.37. The SMILES string of the molecule is O=C(O)C1CCN(c2ccc(Nc3ncc4c(=O)n(-c5c(Cl)cccc5Cl)c(=O)[nH]c4n3)cc2)CC1. The third-order valence-electron chi connectivity index (χ3n) is 6.14. The van der Waals surface area contributed by atoms with Gasteiger partial charge >= 0.3 is 11.7 Å². The van der Waals surface area contributed by atoms with Crippen LogP contribution in [0.25, 0.3) is 16.7 Å². The van der Waals surface area contributed by atoms with Crippen molar-refractivity contribution in [2.24, 2.45) is 5.92 Å². The minimum atomic E-state index is -0.738. The number of carboxylic acids is 1. The Bertz CT molecular complexity index is 1560. The van der Waals surface area contributed by atoms with E-state index in [1.54, 1.807) is 6.07 Å². The highest BCUT2D eigenvalue weighted by Gasteiger charge is 2.24. The molecule has 3 heterocycles. The van der Waals surface area contributed by atoms with Crippen molar-refractivity contribution in [3.63, 3.8) is 0 Å². The summed E-state index contributed by atoms with van der Waals surface area (Å²) in [6.07, 6.45) is 2.55. The monoisotopic (exact) mass is 526 g/mol. The number of carbonyl (C=O) groups is 1. The molecule has 0 atom stereocenters. The van der Waals surface area contributed by atoms with Gasteiger partial charge in [-0.1, -0.05) is 29.3 Å². The number of hydrogen-bond donors (Lipinski definition) is 3. The number of aromatic amines is 1. The van der Waals surface area contributed by atoms with Crippen molar-refractivity contribution in [2.75, 3.05) is 23.3 Å². The van der Waals surface area contributed by atoms with E-state index in [0.29, 0.717) is 31.6 Å². The van der Waals surface area contributed by atoms with Gasteiger partial charge in [-0.15, -0.1) is 0 Å². The van der Waals surface area contributed by atoms with Crippen molar-refractivity contribution in [3.05, 3.63) is 79.5 Å². The van der Waals surface area contributed by atoms with Gasteiger partial charge in [-0.2, -0.15) is 4.98 Å². The van der Waals surface area contributed by atoms with Crippen molar-refractivity contribution < 1.29 is 9.90 Å². The quantitative estimate of drug-likeness (QED) is 0.357. The summed E-state index contributed by atoms with van der Waals surface area (Å²) in [5.41, 5.74) is 0.474. The highest BCUT2D eigenvalue weighted by Crippen LogP contribution is 2.27. The second kappa shape index (κ2) is 9.63. The number of nitrogens with zero attached hydrogens (tertiary/aromatic N) is 4. The summed E-state index contributed by atoms with van der Waals surface area (Å²) in [5, 5.41) is 12.6. The molecule has 0 bridgehead atoms. The number of carboxylic acid groups (broad SMARTS) is 1. The summed E-state index contributed by atoms with van der Waals surface area (Å²) >= 11 is 12.4. The molecular weight excluding hydrogens is 507 g/mol. The molecule has 0 amide bonds. The third kappa shape index (κ3) is 4.52. The van der Waals surface area contributed by atoms with Crippen LogP contribution in [0.4, 0.5) is 17.3 Å². The van der Waals surface area contributed by atoms with E-state index >= 15 is 0 Å². The Morgan fingerprint density at radius 2 is 1.72 bits per heavy atom. The van der Waals surface area contributed by atoms with Crippen molar-refractivity contribution in [2.45, 2.75) is 12.8 Å². The first kappa shape index (κ1) is 23.8. The Morgan fingerprint density at radius 1 is 1.06 bits per heavy atom. The lowest BCUT2D eigenvalue weighted by Crippen LogP contribution is -2.36. The first-order valence-corrected chi connectivity index (χ1v) is 11.9. The predicted octanol–water partition coefficient (Wildman–Crippen LogP) is 3.82. The van der Waals surface area contributed by atoms with Gasteiger partial charge in [0.05, 0.1) is 21.7 Å². The minimum Gasteiger partial charge on any atom is -0.481 e. The maximum Gasteiger partial charge on any atom is 0.334 e. The number of piperidine rings is 1. The van der Waals surface area contributed by atoms with Gasteiger partial charge in [-0.05, 0) is 49.2 Å². The molecule has 0 radical (unpaired) electrons. The van der Waals surface area contributed by atoms with Gasteiger partial charge in [0.1, 0.15) is 5.39 Å². The molecule has 3 N–H and O–H groups in total. The van der Waals surface area contributed by atoms with Gasteiger partial charge in [-0.25, -0.2) is 14.3 Å². The van der Waals surface area contributed by atoms with Crippen molar-refractivity contribution in [1.29, 1.82) is 0 Å². The molecule has 12 heteroatoms. The number of halogens is 2. The second-order valence-corrected chi connectivity index (χ2v) is 9.18. The molecule has 0 saturated carbocycles. The van der Waals surface area contributed by atoms with E-state index in [9.17, 15) is 14.4 Å². The topological polar surface area (TPSA) is 133 Å². The van der Waals surface area contributed by atoms with Gasteiger partial charge in [0, 0.05) is 30.7 Å². The number of hydrogen-bond acceptors (Lipinski definition) is 7. The van der Waals surface area contributed by atoms with Crippen LogP contribution >= 0.6 is 23.2 Å². The number of aliphatic carboxylic acids is 1. The van der Waals surface area contributed by atoms with E-state index in [1.807, 2.05) is 24.3 Å². The lowest BCUT2D eigenvalue weighted by Gasteiger charge is -2.32. The van der Waals surface area contributed by atoms with Gasteiger partial charge in [0.25, 0.3) is 5.56 Å². The third-order valence-corrected chi connectivity index (χ3v) is 6.75. The molecule has 36 heavy (non-hydrogen) atoms. The molecule has 1 aliphatic rings. The lowest BCUT2D eigenvalue weighted by molar-refractivity contribution is -0.142. The smallest absolute Gasteiger partial charge is 0.334 e. The van der Waals surface area contributed by atoms with Gasteiger partial charge < -0.3 is 15.3 Å². The Hall–Kier alpha value is -3.89. The number of nitrogens with one attached hydrogen (secondary N) is 2. The van der Waals surface area contributed by atoms with Crippen LogP contribution in [0.3, 0.4) is 0 Å². The lowest BCUT2D eigenvalue weighted by atomic mass is 9.97. The fourth-order valence-electron chi connectivity index (χ4n) is 4.24. The standard InChI is InChI=1S/C24H20Cl2N6O4/c25-17-2-1-3-18(26)19(17)32-21(33)16-12-27-23(29-20(16)30-24(32)36)28-14-4-6-15(7-5-14)31-10-8-13(9-11-31)22(34)35/h1-7,12-13H,8-11H2,(H,34,35)(H2,27,28,29,30,36). The summed E-state index contributed by atoms with van der Waals surface area (Å²) in [7, 11) is 0.